The Balaban J connectivity index is 0.00000264. The van der Waals surface area contributed by atoms with E-state index in [-0.39, 0.29) is 36.3 Å². The van der Waals surface area contributed by atoms with Crippen molar-refractivity contribution in [3.8, 4) is 0 Å². The van der Waals surface area contributed by atoms with Crippen LogP contribution in [0.4, 0.5) is 8.78 Å². The van der Waals surface area contributed by atoms with Crippen molar-refractivity contribution in [1.82, 2.24) is 25.2 Å². The molecular weight excluding hydrogens is 437 g/mol. The molecule has 2 rings (SSSR count). The molecule has 6 nitrogen and oxygen atoms in total. The summed E-state index contributed by atoms with van der Waals surface area (Å²) in [5, 5.41) is 7.01. The van der Waals surface area contributed by atoms with Gasteiger partial charge >= 0.3 is 6.55 Å². The smallest absolute Gasteiger partial charge is 0.319 e. The van der Waals surface area contributed by atoms with Gasteiger partial charge in [-0.25, -0.2) is 9.97 Å². The van der Waals surface area contributed by atoms with E-state index in [1.54, 1.807) is 18.4 Å². The lowest BCUT2D eigenvalue weighted by Crippen LogP contribution is -2.37. The van der Waals surface area contributed by atoms with Gasteiger partial charge in [0.2, 0.25) is 0 Å². The molecule has 128 valence electrons. The van der Waals surface area contributed by atoms with Crippen LogP contribution in [0.3, 0.4) is 0 Å². The van der Waals surface area contributed by atoms with Gasteiger partial charge in [-0.1, -0.05) is 0 Å². The van der Waals surface area contributed by atoms with Gasteiger partial charge in [-0.2, -0.15) is 8.78 Å². The predicted molar refractivity (Wildman–Crippen MR) is 97.5 cm³/mol. The van der Waals surface area contributed by atoms with E-state index < -0.39 is 6.55 Å². The maximum atomic E-state index is 12.7. The molecule has 0 aromatic carbocycles. The maximum Gasteiger partial charge on any atom is 0.319 e. The molecule has 0 saturated heterocycles. The quantitative estimate of drug-likeness (QED) is 0.413. The van der Waals surface area contributed by atoms with Crippen molar-refractivity contribution in [1.29, 1.82) is 0 Å². The fourth-order valence-corrected chi connectivity index (χ4v) is 2.69. The van der Waals surface area contributed by atoms with E-state index >= 15 is 0 Å². The van der Waals surface area contributed by atoms with Crippen LogP contribution in [0, 0.1) is 13.8 Å². The van der Waals surface area contributed by atoms with Gasteiger partial charge in [0.15, 0.2) is 5.96 Å². The standard InChI is InChI=1S/C13H18F2N6S.HI/c1-8-9(2)22-11(20-8)7-19-13(16-3)18-6-10-17-4-5-21(10)12(14)15;/h4-5,12H,6-7H2,1-3H3,(H2,16,18,19);1H. The first-order valence-electron chi connectivity index (χ1n) is 6.68. The van der Waals surface area contributed by atoms with E-state index in [0.29, 0.717) is 12.5 Å². The summed E-state index contributed by atoms with van der Waals surface area (Å²) >= 11 is 1.62. The molecule has 23 heavy (non-hydrogen) atoms. The molecule has 0 atom stereocenters. The van der Waals surface area contributed by atoms with Crippen LogP contribution in [0.2, 0.25) is 0 Å². The predicted octanol–water partition coefficient (Wildman–Crippen LogP) is 2.83. The highest BCUT2D eigenvalue weighted by molar-refractivity contribution is 14.0. The van der Waals surface area contributed by atoms with Crippen molar-refractivity contribution >= 4 is 41.3 Å². The monoisotopic (exact) mass is 456 g/mol. The lowest BCUT2D eigenvalue weighted by atomic mass is 10.4. The van der Waals surface area contributed by atoms with Crippen LogP contribution in [0.5, 0.6) is 0 Å². The highest BCUT2D eigenvalue weighted by Crippen LogP contribution is 2.16. The Morgan fingerprint density at radius 2 is 2.04 bits per heavy atom. The Hall–Kier alpha value is -1.30. The number of guanidine groups is 1. The van der Waals surface area contributed by atoms with Gasteiger partial charge in [0.1, 0.15) is 10.8 Å². The van der Waals surface area contributed by atoms with Gasteiger partial charge in [0, 0.05) is 24.3 Å². The van der Waals surface area contributed by atoms with Crippen molar-refractivity contribution in [2.45, 2.75) is 33.5 Å². The fourth-order valence-electron chi connectivity index (χ4n) is 1.82. The number of nitrogens with one attached hydrogen (secondary N) is 2. The van der Waals surface area contributed by atoms with Gasteiger partial charge in [-0.15, -0.1) is 35.3 Å². The number of thiazole rings is 1. The van der Waals surface area contributed by atoms with Gasteiger partial charge in [0.05, 0.1) is 18.8 Å². The molecule has 2 heterocycles. The molecule has 10 heteroatoms. The van der Waals surface area contributed by atoms with E-state index in [1.165, 1.54) is 17.3 Å². The van der Waals surface area contributed by atoms with Gasteiger partial charge < -0.3 is 10.6 Å². The summed E-state index contributed by atoms with van der Waals surface area (Å²) in [6, 6.07) is 0. The Morgan fingerprint density at radius 1 is 1.35 bits per heavy atom. The van der Waals surface area contributed by atoms with E-state index in [4.69, 9.17) is 0 Å². The maximum absolute atomic E-state index is 12.7. The zero-order valence-corrected chi connectivity index (χ0v) is 16.2. The van der Waals surface area contributed by atoms with Crippen LogP contribution in [-0.4, -0.2) is 27.5 Å². The molecule has 2 N–H and O–H groups in total. The highest BCUT2D eigenvalue weighted by atomic mass is 127. The summed E-state index contributed by atoms with van der Waals surface area (Å²) < 4.78 is 26.3. The minimum Gasteiger partial charge on any atom is -0.350 e. The van der Waals surface area contributed by atoms with Gasteiger partial charge in [0.25, 0.3) is 0 Å². The first-order valence-corrected chi connectivity index (χ1v) is 7.50. The zero-order chi connectivity index (χ0) is 16.1. The number of aromatic nitrogens is 3. The number of alkyl halides is 2. The second-order valence-electron chi connectivity index (χ2n) is 4.56. The molecule has 0 saturated carbocycles. The fraction of sp³-hybridized carbons (Fsp3) is 0.462. The Kier molecular flexibility index (Phi) is 7.82. The van der Waals surface area contributed by atoms with Crippen LogP contribution in [0.1, 0.15) is 28.0 Å². The summed E-state index contributed by atoms with van der Waals surface area (Å²) in [5.74, 6) is 0.758. The molecule has 0 aliphatic carbocycles. The SMILES string of the molecule is CN=C(NCc1nc(C)c(C)s1)NCc1nccn1C(F)F.I. The molecule has 0 unspecified atom stereocenters. The van der Waals surface area contributed by atoms with Crippen molar-refractivity contribution in [2.24, 2.45) is 4.99 Å². The van der Waals surface area contributed by atoms with Crippen LogP contribution >= 0.6 is 35.3 Å². The van der Waals surface area contributed by atoms with Crippen molar-refractivity contribution in [3.63, 3.8) is 0 Å². The number of hydrogen-bond acceptors (Lipinski definition) is 4. The number of imidazole rings is 1. The third-order valence-corrected chi connectivity index (χ3v) is 4.15. The summed E-state index contributed by atoms with van der Waals surface area (Å²) in [6.07, 6.45) is 2.60. The molecule has 2 aromatic heterocycles. The number of nitrogens with zero attached hydrogens (tertiary/aromatic N) is 4. The lowest BCUT2D eigenvalue weighted by molar-refractivity contribution is 0.0668. The largest absolute Gasteiger partial charge is 0.350 e. The number of hydrogen-bond donors (Lipinski definition) is 2. The molecule has 0 fully saturated rings. The van der Waals surface area contributed by atoms with Crippen molar-refractivity contribution < 1.29 is 8.78 Å². The molecule has 0 radical (unpaired) electrons. The first-order chi connectivity index (χ1) is 10.5. The Bertz CT molecular complexity index is 635. The highest BCUT2D eigenvalue weighted by Gasteiger charge is 2.11. The van der Waals surface area contributed by atoms with Crippen LogP contribution in [0.25, 0.3) is 0 Å². The number of halogens is 3. The minimum atomic E-state index is -2.60. The summed E-state index contributed by atoms with van der Waals surface area (Å²) in [5.41, 5.74) is 1.02. The van der Waals surface area contributed by atoms with Crippen LogP contribution in [0.15, 0.2) is 17.4 Å². The number of rotatable bonds is 5. The summed E-state index contributed by atoms with van der Waals surface area (Å²) in [6.45, 7) is 2.07. The Morgan fingerprint density at radius 3 is 2.61 bits per heavy atom. The third kappa shape index (κ3) is 5.37. The van der Waals surface area contributed by atoms with E-state index in [9.17, 15) is 8.78 Å². The molecular formula is C13H19F2IN6S. The van der Waals surface area contributed by atoms with Crippen molar-refractivity contribution in [3.05, 3.63) is 33.8 Å². The van der Waals surface area contributed by atoms with E-state index in [2.05, 4.69) is 25.6 Å². The molecule has 2 aromatic rings. The van der Waals surface area contributed by atoms with Gasteiger partial charge in [-0.05, 0) is 13.8 Å². The minimum absolute atomic E-state index is 0. The average Bonchev–Trinajstić information content (AvgIpc) is 3.06. The second-order valence-corrected chi connectivity index (χ2v) is 5.84. The third-order valence-electron chi connectivity index (χ3n) is 3.08. The molecule has 0 aliphatic rings. The molecule has 0 amide bonds. The average molecular weight is 456 g/mol. The molecule has 0 bridgehead atoms. The van der Waals surface area contributed by atoms with E-state index in [1.807, 2.05) is 13.8 Å². The van der Waals surface area contributed by atoms with Crippen LogP contribution in [-0.2, 0) is 13.1 Å². The normalized spacial score (nSPS) is 11.5. The lowest BCUT2D eigenvalue weighted by Gasteiger charge is -2.11. The Labute approximate surface area is 154 Å². The zero-order valence-electron chi connectivity index (χ0n) is 13.0. The topological polar surface area (TPSA) is 67.1 Å². The van der Waals surface area contributed by atoms with E-state index in [0.717, 1.165) is 15.3 Å². The molecule has 0 spiro atoms. The first kappa shape index (κ1) is 19.7. The summed E-state index contributed by atoms with van der Waals surface area (Å²) in [7, 11) is 1.62. The molecule has 0 aliphatic heterocycles. The van der Waals surface area contributed by atoms with Crippen LogP contribution < -0.4 is 10.6 Å². The second kappa shape index (κ2) is 9.11. The number of aryl methyl sites for hydroxylation is 2. The summed E-state index contributed by atoms with van der Waals surface area (Å²) in [4.78, 5) is 13.6. The van der Waals surface area contributed by atoms with Gasteiger partial charge in [-0.3, -0.25) is 9.56 Å². The number of aliphatic imine (C=N–C) groups is 1. The van der Waals surface area contributed by atoms with Crippen molar-refractivity contribution in [2.75, 3.05) is 7.05 Å².